The van der Waals surface area contributed by atoms with Crippen molar-refractivity contribution in [1.29, 1.82) is 0 Å². The number of carbonyl (C=O) groups is 1. The minimum atomic E-state index is -0.432. The second-order valence-electron chi connectivity index (χ2n) is 6.94. The molecule has 5 nitrogen and oxygen atoms in total. The summed E-state index contributed by atoms with van der Waals surface area (Å²) in [5, 5.41) is 0. The molecule has 2 saturated heterocycles. The predicted molar refractivity (Wildman–Crippen MR) is 77.5 cm³/mol. The average molecular weight is 284 g/mol. The van der Waals surface area contributed by atoms with Gasteiger partial charge in [-0.2, -0.15) is 0 Å². The third kappa shape index (κ3) is 3.44. The Morgan fingerprint density at radius 2 is 2.05 bits per heavy atom. The summed E-state index contributed by atoms with van der Waals surface area (Å²) in [4.78, 5) is 13.9. The van der Waals surface area contributed by atoms with Gasteiger partial charge < -0.3 is 20.1 Å². The molecule has 2 fully saturated rings. The van der Waals surface area contributed by atoms with Gasteiger partial charge in [-0.1, -0.05) is 0 Å². The van der Waals surface area contributed by atoms with Gasteiger partial charge in [-0.25, -0.2) is 4.79 Å². The van der Waals surface area contributed by atoms with Crippen LogP contribution in [0.25, 0.3) is 0 Å². The number of hydrogen-bond donors (Lipinski definition) is 1. The molecule has 0 saturated carbocycles. The van der Waals surface area contributed by atoms with Gasteiger partial charge in [0.05, 0.1) is 5.60 Å². The highest BCUT2D eigenvalue weighted by Crippen LogP contribution is 2.42. The number of rotatable bonds is 2. The molecule has 2 rings (SSSR count). The van der Waals surface area contributed by atoms with Gasteiger partial charge >= 0.3 is 6.09 Å². The quantitative estimate of drug-likeness (QED) is 0.843. The molecular weight excluding hydrogens is 256 g/mol. The van der Waals surface area contributed by atoms with Crippen molar-refractivity contribution in [3.05, 3.63) is 0 Å². The molecule has 0 unspecified atom stereocenters. The Morgan fingerprint density at radius 1 is 1.40 bits per heavy atom. The average Bonchev–Trinajstić information content (AvgIpc) is 2.72. The first-order valence-electron chi connectivity index (χ1n) is 7.68. The van der Waals surface area contributed by atoms with Crippen molar-refractivity contribution in [2.24, 2.45) is 11.7 Å². The molecule has 116 valence electrons. The van der Waals surface area contributed by atoms with E-state index in [1.165, 1.54) is 0 Å². The van der Waals surface area contributed by atoms with Crippen LogP contribution < -0.4 is 5.73 Å². The molecule has 0 aliphatic carbocycles. The molecule has 5 heteroatoms. The number of nitrogens with zero attached hydrogens (tertiary/aromatic N) is 1. The zero-order valence-corrected chi connectivity index (χ0v) is 13.0. The van der Waals surface area contributed by atoms with Crippen LogP contribution in [0.15, 0.2) is 0 Å². The lowest BCUT2D eigenvalue weighted by Crippen LogP contribution is -2.50. The summed E-state index contributed by atoms with van der Waals surface area (Å²) >= 11 is 0. The first-order valence-corrected chi connectivity index (χ1v) is 7.68. The molecule has 0 aromatic carbocycles. The maximum atomic E-state index is 12.1. The number of ether oxygens (including phenoxy) is 2. The topological polar surface area (TPSA) is 64.8 Å². The Labute approximate surface area is 121 Å². The van der Waals surface area contributed by atoms with Crippen molar-refractivity contribution in [3.63, 3.8) is 0 Å². The summed E-state index contributed by atoms with van der Waals surface area (Å²) in [7, 11) is 0. The van der Waals surface area contributed by atoms with Gasteiger partial charge in [-0.05, 0) is 58.9 Å². The van der Waals surface area contributed by atoms with Crippen molar-refractivity contribution < 1.29 is 14.3 Å². The minimum Gasteiger partial charge on any atom is -0.444 e. The normalized spacial score (nSPS) is 26.0. The number of likely N-dealkylation sites (tertiary alicyclic amines) is 1. The van der Waals surface area contributed by atoms with Crippen LogP contribution in [0.4, 0.5) is 4.79 Å². The third-order valence-electron chi connectivity index (χ3n) is 4.38. The molecule has 0 aromatic rings. The molecule has 2 aliphatic heterocycles. The van der Waals surface area contributed by atoms with Crippen LogP contribution in [-0.4, -0.2) is 48.4 Å². The summed E-state index contributed by atoms with van der Waals surface area (Å²) in [5.74, 6) is 0.549. The molecule has 0 aromatic heterocycles. The Kier molecular flexibility index (Phi) is 4.59. The SMILES string of the molecule is CC(C)(C)OC(=O)N1CCC2(CC1)OCC[C@@H]2CCN. The number of nitrogens with two attached hydrogens (primary N) is 1. The van der Waals surface area contributed by atoms with E-state index in [-0.39, 0.29) is 11.7 Å². The number of carbonyl (C=O) groups excluding carboxylic acids is 1. The van der Waals surface area contributed by atoms with Crippen LogP contribution in [0.2, 0.25) is 0 Å². The number of amides is 1. The summed E-state index contributed by atoms with van der Waals surface area (Å²) in [5.41, 5.74) is 5.23. The van der Waals surface area contributed by atoms with Crippen LogP contribution in [0.1, 0.15) is 46.5 Å². The van der Waals surface area contributed by atoms with E-state index in [1.54, 1.807) is 4.90 Å². The van der Waals surface area contributed by atoms with E-state index in [0.29, 0.717) is 12.5 Å². The molecule has 1 atom stereocenters. The molecule has 0 bridgehead atoms. The highest BCUT2D eigenvalue weighted by Gasteiger charge is 2.46. The second kappa shape index (κ2) is 5.90. The summed E-state index contributed by atoms with van der Waals surface area (Å²) in [6.07, 6.45) is 3.71. The van der Waals surface area contributed by atoms with Gasteiger partial charge in [0.15, 0.2) is 0 Å². The van der Waals surface area contributed by atoms with Crippen molar-refractivity contribution in [2.75, 3.05) is 26.2 Å². The van der Waals surface area contributed by atoms with E-state index in [4.69, 9.17) is 15.2 Å². The van der Waals surface area contributed by atoms with Crippen molar-refractivity contribution in [2.45, 2.75) is 57.7 Å². The zero-order chi connectivity index (χ0) is 14.8. The largest absolute Gasteiger partial charge is 0.444 e. The van der Waals surface area contributed by atoms with Crippen molar-refractivity contribution in [3.8, 4) is 0 Å². The monoisotopic (exact) mass is 284 g/mol. The lowest BCUT2D eigenvalue weighted by molar-refractivity contribution is -0.0695. The first kappa shape index (κ1) is 15.6. The Bertz CT molecular complexity index is 344. The van der Waals surface area contributed by atoms with Crippen LogP contribution in [0.5, 0.6) is 0 Å². The lowest BCUT2D eigenvalue weighted by Gasteiger charge is -2.42. The lowest BCUT2D eigenvalue weighted by atomic mass is 9.78. The predicted octanol–water partition coefficient (Wildman–Crippen LogP) is 2.14. The molecule has 1 amide bonds. The number of piperidine rings is 1. The van der Waals surface area contributed by atoms with Gasteiger partial charge in [0.1, 0.15) is 5.60 Å². The highest BCUT2D eigenvalue weighted by molar-refractivity contribution is 5.68. The zero-order valence-electron chi connectivity index (χ0n) is 13.0. The molecular formula is C15H28N2O3. The molecule has 2 aliphatic rings. The third-order valence-corrected chi connectivity index (χ3v) is 4.38. The maximum absolute atomic E-state index is 12.1. The van der Waals surface area contributed by atoms with Crippen molar-refractivity contribution >= 4 is 6.09 Å². The first-order chi connectivity index (χ1) is 9.36. The number of hydrogen-bond acceptors (Lipinski definition) is 4. The molecule has 2 heterocycles. The van der Waals surface area contributed by atoms with Gasteiger partial charge in [-0.3, -0.25) is 0 Å². The standard InChI is InChI=1S/C15H28N2O3/c1-14(2,3)20-13(18)17-9-6-15(7-10-17)12(4-8-16)5-11-19-15/h12H,4-11,16H2,1-3H3/t12-/m0/s1. The van der Waals surface area contributed by atoms with Gasteiger partial charge in [-0.15, -0.1) is 0 Å². The van der Waals surface area contributed by atoms with Gasteiger partial charge in [0.25, 0.3) is 0 Å². The van der Waals surface area contributed by atoms with E-state index in [0.717, 1.165) is 45.4 Å². The van der Waals surface area contributed by atoms with Crippen LogP contribution >= 0.6 is 0 Å². The molecule has 2 N–H and O–H groups in total. The van der Waals surface area contributed by atoms with Gasteiger partial charge in [0.2, 0.25) is 0 Å². The van der Waals surface area contributed by atoms with E-state index in [9.17, 15) is 4.79 Å². The van der Waals surface area contributed by atoms with Crippen LogP contribution in [0, 0.1) is 5.92 Å². The minimum absolute atomic E-state index is 0.0438. The molecule has 1 spiro atoms. The fraction of sp³-hybridized carbons (Fsp3) is 0.933. The maximum Gasteiger partial charge on any atom is 0.410 e. The fourth-order valence-corrected chi connectivity index (χ4v) is 3.34. The fourth-order valence-electron chi connectivity index (χ4n) is 3.34. The van der Waals surface area contributed by atoms with E-state index < -0.39 is 5.60 Å². The molecule has 0 radical (unpaired) electrons. The smallest absolute Gasteiger partial charge is 0.410 e. The second-order valence-corrected chi connectivity index (χ2v) is 6.94. The Balaban J connectivity index is 1.90. The Morgan fingerprint density at radius 3 is 2.60 bits per heavy atom. The Hall–Kier alpha value is -0.810. The van der Waals surface area contributed by atoms with E-state index >= 15 is 0 Å². The summed E-state index contributed by atoms with van der Waals surface area (Å²) < 4.78 is 11.5. The van der Waals surface area contributed by atoms with E-state index in [1.807, 2.05) is 20.8 Å². The summed E-state index contributed by atoms with van der Waals surface area (Å²) in [6.45, 7) is 8.67. The van der Waals surface area contributed by atoms with Crippen LogP contribution in [0.3, 0.4) is 0 Å². The van der Waals surface area contributed by atoms with Gasteiger partial charge in [0, 0.05) is 19.7 Å². The summed E-state index contributed by atoms with van der Waals surface area (Å²) in [6, 6.07) is 0. The van der Waals surface area contributed by atoms with E-state index in [2.05, 4.69) is 0 Å². The van der Waals surface area contributed by atoms with Crippen molar-refractivity contribution in [1.82, 2.24) is 4.90 Å². The highest BCUT2D eigenvalue weighted by atomic mass is 16.6. The molecule has 20 heavy (non-hydrogen) atoms. The van der Waals surface area contributed by atoms with Crippen LogP contribution in [-0.2, 0) is 9.47 Å².